The number of ether oxygens (including phenoxy) is 1. The van der Waals surface area contributed by atoms with Crippen LogP contribution in [0.15, 0.2) is 18.2 Å². The van der Waals surface area contributed by atoms with Crippen LogP contribution >= 0.6 is 0 Å². The molecule has 0 spiro atoms. The van der Waals surface area contributed by atoms with Crippen LogP contribution in [0.5, 0.6) is 5.75 Å². The molecule has 0 radical (unpaired) electrons. The van der Waals surface area contributed by atoms with Gasteiger partial charge in [-0.1, -0.05) is 6.07 Å². The van der Waals surface area contributed by atoms with Crippen molar-refractivity contribution in [1.82, 2.24) is 0 Å². The van der Waals surface area contributed by atoms with Crippen LogP contribution in [0.4, 0.5) is 13.2 Å². The van der Waals surface area contributed by atoms with Crippen LogP contribution < -0.4 is 0 Å². The van der Waals surface area contributed by atoms with E-state index in [1.807, 2.05) is 0 Å². The molecule has 1 N–H and O–H groups in total. The van der Waals surface area contributed by atoms with Gasteiger partial charge in [0.2, 0.25) is 0 Å². The normalized spacial score (nSPS) is 11.2. The van der Waals surface area contributed by atoms with Crippen LogP contribution in [-0.4, -0.2) is 18.2 Å². The quantitative estimate of drug-likeness (QED) is 0.738. The van der Waals surface area contributed by atoms with E-state index in [2.05, 4.69) is 4.74 Å². The molecular formula is C9H7F3O3. The van der Waals surface area contributed by atoms with E-state index in [1.54, 1.807) is 0 Å². The van der Waals surface area contributed by atoms with Crippen LogP contribution in [0, 0.1) is 0 Å². The van der Waals surface area contributed by atoms with Gasteiger partial charge in [0.05, 0.1) is 12.7 Å². The second-order valence-corrected chi connectivity index (χ2v) is 2.69. The molecule has 0 saturated carbocycles. The Hall–Kier alpha value is -1.72. The molecule has 0 aliphatic heterocycles. The number of carbonyl (C=O) groups is 1. The zero-order valence-corrected chi connectivity index (χ0v) is 7.63. The van der Waals surface area contributed by atoms with Crippen molar-refractivity contribution in [2.45, 2.75) is 6.18 Å². The Morgan fingerprint density at radius 1 is 1.40 bits per heavy atom. The minimum Gasteiger partial charge on any atom is -0.507 e. The van der Waals surface area contributed by atoms with Crippen molar-refractivity contribution < 1.29 is 27.8 Å². The summed E-state index contributed by atoms with van der Waals surface area (Å²) in [4.78, 5) is 11.0. The standard InChI is InChI=1S/C9H7F3O3/c1-15-8(14)5-3-2-4-6(13)7(5)9(10,11)12/h2-4,13H,1H3. The smallest absolute Gasteiger partial charge is 0.420 e. The number of carbonyl (C=O) groups excluding carboxylic acids is 1. The summed E-state index contributed by atoms with van der Waals surface area (Å²) in [6, 6.07) is 2.93. The summed E-state index contributed by atoms with van der Waals surface area (Å²) in [5.41, 5.74) is -2.08. The highest BCUT2D eigenvalue weighted by molar-refractivity contribution is 5.92. The third kappa shape index (κ3) is 2.20. The van der Waals surface area contributed by atoms with Crippen molar-refractivity contribution >= 4 is 5.97 Å². The number of phenols is 1. The Bertz CT molecular complexity index is 385. The average molecular weight is 220 g/mol. The lowest BCUT2D eigenvalue weighted by atomic mass is 10.1. The third-order valence-corrected chi connectivity index (χ3v) is 1.73. The second-order valence-electron chi connectivity index (χ2n) is 2.69. The van der Waals surface area contributed by atoms with Crippen molar-refractivity contribution in [2.24, 2.45) is 0 Å². The van der Waals surface area contributed by atoms with E-state index in [9.17, 15) is 18.0 Å². The lowest BCUT2D eigenvalue weighted by molar-refractivity contribution is -0.139. The van der Waals surface area contributed by atoms with Crippen molar-refractivity contribution in [2.75, 3.05) is 7.11 Å². The molecule has 15 heavy (non-hydrogen) atoms. The van der Waals surface area contributed by atoms with E-state index in [-0.39, 0.29) is 0 Å². The summed E-state index contributed by atoms with van der Waals surface area (Å²) in [7, 11) is 0.965. The van der Waals surface area contributed by atoms with Crippen LogP contribution in [-0.2, 0) is 10.9 Å². The van der Waals surface area contributed by atoms with Crippen LogP contribution in [0.25, 0.3) is 0 Å². The first-order valence-corrected chi connectivity index (χ1v) is 3.85. The molecule has 6 heteroatoms. The molecular weight excluding hydrogens is 213 g/mol. The Kier molecular flexibility index (Phi) is 2.88. The molecule has 0 aliphatic rings. The molecule has 1 rings (SSSR count). The minimum absolute atomic E-state index is 0.704. The Balaban J connectivity index is 3.40. The summed E-state index contributed by atoms with van der Waals surface area (Å²) in [6.07, 6.45) is -4.80. The fraction of sp³-hybridized carbons (Fsp3) is 0.222. The molecule has 1 aromatic carbocycles. The number of halogens is 3. The van der Waals surface area contributed by atoms with Crippen molar-refractivity contribution in [3.05, 3.63) is 29.3 Å². The summed E-state index contributed by atoms with van der Waals surface area (Å²) >= 11 is 0. The zero-order valence-electron chi connectivity index (χ0n) is 7.63. The third-order valence-electron chi connectivity index (χ3n) is 1.73. The first-order valence-electron chi connectivity index (χ1n) is 3.85. The molecule has 0 amide bonds. The van der Waals surface area contributed by atoms with Gasteiger partial charge >= 0.3 is 12.1 Å². The maximum atomic E-state index is 12.4. The van der Waals surface area contributed by atoms with Gasteiger partial charge in [0, 0.05) is 0 Å². The van der Waals surface area contributed by atoms with E-state index in [0.717, 1.165) is 25.3 Å². The molecule has 82 valence electrons. The molecule has 0 atom stereocenters. The monoisotopic (exact) mass is 220 g/mol. The van der Waals surface area contributed by atoms with Gasteiger partial charge in [-0.15, -0.1) is 0 Å². The zero-order chi connectivity index (χ0) is 11.6. The number of rotatable bonds is 1. The van der Waals surface area contributed by atoms with Gasteiger partial charge < -0.3 is 9.84 Å². The highest BCUT2D eigenvalue weighted by atomic mass is 19.4. The van der Waals surface area contributed by atoms with E-state index in [0.29, 0.717) is 0 Å². The molecule has 3 nitrogen and oxygen atoms in total. The van der Waals surface area contributed by atoms with Gasteiger partial charge in [0.25, 0.3) is 0 Å². The summed E-state index contributed by atoms with van der Waals surface area (Å²) in [6.45, 7) is 0. The predicted octanol–water partition coefficient (Wildman–Crippen LogP) is 2.20. The number of hydrogen-bond acceptors (Lipinski definition) is 3. The molecule has 0 aliphatic carbocycles. The Morgan fingerprint density at radius 3 is 2.47 bits per heavy atom. The number of methoxy groups -OCH3 is 1. The van der Waals surface area contributed by atoms with Gasteiger partial charge in [-0.25, -0.2) is 4.79 Å². The van der Waals surface area contributed by atoms with Crippen molar-refractivity contribution in [3.8, 4) is 5.75 Å². The topological polar surface area (TPSA) is 46.5 Å². The van der Waals surface area contributed by atoms with Gasteiger partial charge in [0.15, 0.2) is 0 Å². The molecule has 0 aromatic heterocycles. The fourth-order valence-electron chi connectivity index (χ4n) is 1.12. The maximum Gasteiger partial charge on any atom is 0.420 e. The molecule has 0 bridgehead atoms. The lowest BCUT2D eigenvalue weighted by Crippen LogP contribution is -2.14. The number of benzene rings is 1. The predicted molar refractivity (Wildman–Crippen MR) is 44.4 cm³/mol. The highest BCUT2D eigenvalue weighted by Crippen LogP contribution is 2.38. The van der Waals surface area contributed by atoms with Gasteiger partial charge in [0.1, 0.15) is 11.3 Å². The van der Waals surface area contributed by atoms with E-state index in [4.69, 9.17) is 5.11 Å². The van der Waals surface area contributed by atoms with Gasteiger partial charge in [-0.05, 0) is 12.1 Å². The first kappa shape index (κ1) is 11.4. The maximum absolute atomic E-state index is 12.4. The number of phenolic OH excluding ortho intramolecular Hbond substituents is 1. The molecule has 0 unspecified atom stereocenters. The van der Waals surface area contributed by atoms with Gasteiger partial charge in [-0.3, -0.25) is 0 Å². The summed E-state index contributed by atoms with van der Waals surface area (Å²) < 4.78 is 41.5. The number of alkyl halides is 3. The van der Waals surface area contributed by atoms with Crippen molar-refractivity contribution in [1.29, 1.82) is 0 Å². The fourth-order valence-corrected chi connectivity index (χ4v) is 1.12. The Morgan fingerprint density at radius 2 is 2.00 bits per heavy atom. The number of aromatic hydroxyl groups is 1. The van der Waals surface area contributed by atoms with E-state index < -0.39 is 29.0 Å². The number of hydrogen-bond donors (Lipinski definition) is 1. The molecule has 0 saturated heterocycles. The van der Waals surface area contributed by atoms with Crippen LogP contribution in [0.3, 0.4) is 0 Å². The Labute approximate surface area is 83.1 Å². The molecule has 1 aromatic rings. The second kappa shape index (κ2) is 3.80. The van der Waals surface area contributed by atoms with E-state index >= 15 is 0 Å². The van der Waals surface area contributed by atoms with E-state index in [1.165, 1.54) is 0 Å². The van der Waals surface area contributed by atoms with Gasteiger partial charge in [-0.2, -0.15) is 13.2 Å². The molecule has 0 heterocycles. The average Bonchev–Trinajstić information content (AvgIpc) is 2.14. The minimum atomic E-state index is -4.80. The van der Waals surface area contributed by atoms with Crippen molar-refractivity contribution in [3.63, 3.8) is 0 Å². The summed E-state index contributed by atoms with van der Waals surface area (Å²) in [5, 5.41) is 9.04. The first-order chi connectivity index (χ1) is 6.88. The lowest BCUT2D eigenvalue weighted by Gasteiger charge is -2.12. The SMILES string of the molecule is COC(=O)c1cccc(O)c1C(F)(F)F. The van der Waals surface area contributed by atoms with Crippen LogP contribution in [0.1, 0.15) is 15.9 Å². The highest BCUT2D eigenvalue weighted by Gasteiger charge is 2.38. The largest absolute Gasteiger partial charge is 0.507 e. The number of esters is 1. The molecule has 0 fully saturated rings. The summed E-state index contributed by atoms with van der Waals surface area (Å²) in [5.74, 6) is -2.14. The van der Waals surface area contributed by atoms with Crippen LogP contribution in [0.2, 0.25) is 0 Å².